The van der Waals surface area contributed by atoms with E-state index in [1.54, 1.807) is 42.0 Å². The van der Waals surface area contributed by atoms with Gasteiger partial charge in [-0.1, -0.05) is 29.3 Å². The fraction of sp³-hybridized carbons (Fsp3) is 0.333. The first-order valence-corrected chi connectivity index (χ1v) is 7.52. The molecule has 118 valence electrons. The molecule has 1 unspecified atom stereocenters. The molecule has 0 radical (unpaired) electrons. The predicted molar refractivity (Wildman–Crippen MR) is 87.9 cm³/mol. The second-order valence-corrected chi connectivity index (χ2v) is 5.93. The van der Waals surface area contributed by atoms with Gasteiger partial charge in [-0.2, -0.15) is 5.10 Å². The molecule has 5 nitrogen and oxygen atoms in total. The summed E-state index contributed by atoms with van der Waals surface area (Å²) in [6.45, 7) is 0.453. The number of halogens is 2. The first-order valence-electron chi connectivity index (χ1n) is 6.77. The van der Waals surface area contributed by atoms with Crippen molar-refractivity contribution in [2.24, 2.45) is 7.05 Å². The molecule has 0 bridgehead atoms. The van der Waals surface area contributed by atoms with Crippen LogP contribution in [-0.4, -0.2) is 34.7 Å². The summed E-state index contributed by atoms with van der Waals surface area (Å²) in [5, 5.41) is 8.12. The molecular formula is C15H18Cl2N4O. The molecule has 1 aromatic carbocycles. The Labute approximate surface area is 139 Å². The van der Waals surface area contributed by atoms with Crippen molar-refractivity contribution < 1.29 is 4.79 Å². The van der Waals surface area contributed by atoms with Crippen LogP contribution in [0.25, 0.3) is 0 Å². The number of benzene rings is 1. The van der Waals surface area contributed by atoms with E-state index in [4.69, 9.17) is 23.2 Å². The standard InChI is InChI=1S/C15H18Cl2N4O/c1-18-14(11-7-19-21(3)9-11)15(22)20(2)8-10-4-5-12(16)13(17)6-10/h4-7,9,14,18H,8H2,1-3H3. The van der Waals surface area contributed by atoms with E-state index in [-0.39, 0.29) is 5.91 Å². The summed E-state index contributed by atoms with van der Waals surface area (Å²) in [6, 6.07) is 4.93. The number of aryl methyl sites for hydroxylation is 1. The smallest absolute Gasteiger partial charge is 0.244 e. The molecule has 22 heavy (non-hydrogen) atoms. The van der Waals surface area contributed by atoms with Crippen LogP contribution in [0.3, 0.4) is 0 Å². The lowest BCUT2D eigenvalue weighted by Crippen LogP contribution is -2.37. The Morgan fingerprint density at radius 3 is 2.68 bits per heavy atom. The van der Waals surface area contributed by atoms with Crippen molar-refractivity contribution in [3.05, 3.63) is 51.8 Å². The highest BCUT2D eigenvalue weighted by molar-refractivity contribution is 6.42. The minimum absolute atomic E-state index is 0.0402. The van der Waals surface area contributed by atoms with E-state index in [9.17, 15) is 4.79 Å². The largest absolute Gasteiger partial charge is 0.340 e. The van der Waals surface area contributed by atoms with Gasteiger partial charge in [0.15, 0.2) is 0 Å². The first kappa shape index (κ1) is 16.8. The van der Waals surface area contributed by atoms with Crippen LogP contribution in [0.5, 0.6) is 0 Å². The molecule has 2 aromatic rings. The Bertz CT molecular complexity index is 671. The van der Waals surface area contributed by atoms with Gasteiger partial charge in [0.25, 0.3) is 0 Å². The number of nitrogens with zero attached hydrogens (tertiary/aromatic N) is 3. The monoisotopic (exact) mass is 340 g/mol. The van der Waals surface area contributed by atoms with Gasteiger partial charge in [0.2, 0.25) is 5.91 Å². The number of hydrogen-bond donors (Lipinski definition) is 1. The van der Waals surface area contributed by atoms with E-state index in [2.05, 4.69) is 10.4 Å². The molecule has 0 aliphatic rings. The zero-order chi connectivity index (χ0) is 16.3. The molecule has 1 amide bonds. The Morgan fingerprint density at radius 2 is 2.14 bits per heavy atom. The van der Waals surface area contributed by atoms with Gasteiger partial charge in [0.1, 0.15) is 6.04 Å². The molecule has 0 spiro atoms. The summed E-state index contributed by atoms with van der Waals surface area (Å²) in [6.07, 6.45) is 3.51. The van der Waals surface area contributed by atoms with Crippen molar-refractivity contribution in [3.63, 3.8) is 0 Å². The molecule has 0 aliphatic heterocycles. The molecule has 0 saturated heterocycles. The summed E-state index contributed by atoms with van der Waals surface area (Å²) in [4.78, 5) is 14.3. The van der Waals surface area contributed by atoms with E-state index < -0.39 is 6.04 Å². The lowest BCUT2D eigenvalue weighted by molar-refractivity contribution is -0.132. The molecule has 7 heteroatoms. The van der Waals surface area contributed by atoms with Crippen molar-refractivity contribution in [3.8, 4) is 0 Å². The van der Waals surface area contributed by atoms with Gasteiger partial charge in [-0.05, 0) is 24.7 Å². The van der Waals surface area contributed by atoms with Crippen LogP contribution in [0.15, 0.2) is 30.6 Å². The summed E-state index contributed by atoms with van der Waals surface area (Å²) in [5.74, 6) is -0.0402. The van der Waals surface area contributed by atoms with Crippen LogP contribution in [0.4, 0.5) is 0 Å². The number of rotatable bonds is 5. The SMILES string of the molecule is CNC(C(=O)N(C)Cc1ccc(Cl)c(Cl)c1)c1cnn(C)c1. The molecular weight excluding hydrogens is 323 g/mol. The van der Waals surface area contributed by atoms with Gasteiger partial charge in [-0.3, -0.25) is 9.48 Å². The minimum Gasteiger partial charge on any atom is -0.340 e. The van der Waals surface area contributed by atoms with Gasteiger partial charge in [-0.15, -0.1) is 0 Å². The Balaban J connectivity index is 2.11. The predicted octanol–water partition coefficient (Wildman–Crippen LogP) is 2.65. The van der Waals surface area contributed by atoms with E-state index in [1.165, 1.54) is 0 Å². The van der Waals surface area contributed by atoms with Gasteiger partial charge >= 0.3 is 0 Å². The fourth-order valence-electron chi connectivity index (χ4n) is 2.23. The van der Waals surface area contributed by atoms with Crippen molar-refractivity contribution in [2.45, 2.75) is 12.6 Å². The van der Waals surface area contributed by atoms with E-state index in [0.717, 1.165) is 11.1 Å². The van der Waals surface area contributed by atoms with Gasteiger partial charge < -0.3 is 10.2 Å². The average Bonchev–Trinajstić information content (AvgIpc) is 2.90. The van der Waals surface area contributed by atoms with Crippen molar-refractivity contribution >= 4 is 29.1 Å². The summed E-state index contributed by atoms with van der Waals surface area (Å²) in [7, 11) is 5.33. The van der Waals surface area contributed by atoms with Gasteiger partial charge in [-0.25, -0.2) is 0 Å². The van der Waals surface area contributed by atoms with Crippen molar-refractivity contribution in [2.75, 3.05) is 14.1 Å². The highest BCUT2D eigenvalue weighted by Crippen LogP contribution is 2.23. The maximum atomic E-state index is 12.6. The summed E-state index contributed by atoms with van der Waals surface area (Å²) >= 11 is 11.9. The third kappa shape index (κ3) is 3.80. The number of aromatic nitrogens is 2. The molecule has 1 aromatic heterocycles. The topological polar surface area (TPSA) is 50.2 Å². The highest BCUT2D eigenvalue weighted by Gasteiger charge is 2.23. The normalized spacial score (nSPS) is 12.2. The molecule has 0 saturated carbocycles. The van der Waals surface area contributed by atoms with Crippen LogP contribution >= 0.6 is 23.2 Å². The van der Waals surface area contributed by atoms with Gasteiger partial charge in [0, 0.05) is 32.4 Å². The highest BCUT2D eigenvalue weighted by atomic mass is 35.5. The quantitative estimate of drug-likeness (QED) is 0.910. The second kappa shape index (κ2) is 7.13. The van der Waals surface area contributed by atoms with Crippen LogP contribution in [0.1, 0.15) is 17.2 Å². The first-order chi connectivity index (χ1) is 10.4. The van der Waals surface area contributed by atoms with E-state index >= 15 is 0 Å². The number of likely N-dealkylation sites (N-methyl/N-ethyl adjacent to an activating group) is 2. The Kier molecular flexibility index (Phi) is 5.45. The lowest BCUT2D eigenvalue weighted by Gasteiger charge is -2.23. The third-order valence-corrected chi connectivity index (χ3v) is 4.11. The maximum Gasteiger partial charge on any atom is 0.244 e. The molecule has 2 rings (SSSR count). The number of hydrogen-bond acceptors (Lipinski definition) is 3. The van der Waals surface area contributed by atoms with E-state index in [1.807, 2.05) is 19.3 Å². The maximum absolute atomic E-state index is 12.6. The number of amides is 1. The number of carbonyl (C=O) groups is 1. The molecule has 1 atom stereocenters. The van der Waals surface area contributed by atoms with Crippen LogP contribution < -0.4 is 5.32 Å². The Hall–Kier alpha value is -1.56. The zero-order valence-corrected chi connectivity index (χ0v) is 14.2. The Morgan fingerprint density at radius 1 is 1.41 bits per heavy atom. The zero-order valence-electron chi connectivity index (χ0n) is 12.7. The van der Waals surface area contributed by atoms with Crippen LogP contribution in [-0.2, 0) is 18.4 Å². The van der Waals surface area contributed by atoms with Crippen LogP contribution in [0.2, 0.25) is 10.0 Å². The molecule has 0 aliphatic carbocycles. The third-order valence-electron chi connectivity index (χ3n) is 3.37. The van der Waals surface area contributed by atoms with E-state index in [0.29, 0.717) is 16.6 Å². The van der Waals surface area contributed by atoms with Gasteiger partial charge in [0.05, 0.1) is 16.2 Å². The number of carbonyl (C=O) groups excluding carboxylic acids is 1. The molecule has 1 heterocycles. The average molecular weight is 341 g/mol. The second-order valence-electron chi connectivity index (χ2n) is 5.11. The van der Waals surface area contributed by atoms with Crippen molar-refractivity contribution in [1.29, 1.82) is 0 Å². The lowest BCUT2D eigenvalue weighted by atomic mass is 10.1. The molecule has 0 fully saturated rings. The fourth-order valence-corrected chi connectivity index (χ4v) is 2.55. The minimum atomic E-state index is -0.429. The van der Waals surface area contributed by atoms with Crippen molar-refractivity contribution in [1.82, 2.24) is 20.0 Å². The number of nitrogens with one attached hydrogen (secondary N) is 1. The molecule has 1 N–H and O–H groups in total. The summed E-state index contributed by atoms with van der Waals surface area (Å²) in [5.41, 5.74) is 1.75. The van der Waals surface area contributed by atoms with Crippen LogP contribution in [0, 0.1) is 0 Å². The summed E-state index contributed by atoms with van der Waals surface area (Å²) < 4.78 is 1.67.